The van der Waals surface area contributed by atoms with Gasteiger partial charge < -0.3 is 5.73 Å². The average Bonchev–Trinajstić information content (AvgIpc) is 2.93. The van der Waals surface area contributed by atoms with Gasteiger partial charge in [0, 0.05) is 19.6 Å². The molecule has 7 nitrogen and oxygen atoms in total. The van der Waals surface area contributed by atoms with Gasteiger partial charge >= 0.3 is 0 Å². The van der Waals surface area contributed by atoms with Gasteiger partial charge in [0.05, 0.1) is 6.26 Å². The van der Waals surface area contributed by atoms with Gasteiger partial charge in [0.15, 0.2) is 11.5 Å². The molecule has 3 rings (SSSR count). The van der Waals surface area contributed by atoms with Crippen molar-refractivity contribution in [1.29, 1.82) is 0 Å². The van der Waals surface area contributed by atoms with E-state index < -0.39 is 21.6 Å². The minimum atomic E-state index is -3.38. The van der Waals surface area contributed by atoms with Gasteiger partial charge in [0.1, 0.15) is 0 Å². The Kier molecular flexibility index (Phi) is 5.51. The number of benzene rings is 2. The van der Waals surface area contributed by atoms with E-state index in [1.807, 2.05) is 61.5 Å². The molecule has 29 heavy (non-hydrogen) atoms. The molecule has 0 aromatic heterocycles. The highest BCUT2D eigenvalue weighted by molar-refractivity contribution is 7.88. The van der Waals surface area contributed by atoms with Crippen LogP contribution in [0.2, 0.25) is 0 Å². The van der Waals surface area contributed by atoms with Crippen molar-refractivity contribution in [3.05, 3.63) is 71.3 Å². The molecule has 0 saturated heterocycles. The molecule has 1 aliphatic heterocycles. The second-order valence-corrected chi connectivity index (χ2v) is 9.11. The van der Waals surface area contributed by atoms with Gasteiger partial charge in [0.2, 0.25) is 10.0 Å². The number of sulfonamides is 1. The van der Waals surface area contributed by atoms with E-state index in [2.05, 4.69) is 4.99 Å². The van der Waals surface area contributed by atoms with Crippen molar-refractivity contribution >= 4 is 21.9 Å². The molecule has 0 fully saturated rings. The summed E-state index contributed by atoms with van der Waals surface area (Å²) in [5.41, 5.74) is 6.85. The van der Waals surface area contributed by atoms with Crippen LogP contribution in [0.3, 0.4) is 0 Å². The maximum atomic E-state index is 13.3. The third-order valence-electron chi connectivity index (χ3n) is 5.39. The predicted octanol–water partition coefficient (Wildman–Crippen LogP) is 2.06. The average molecular weight is 415 g/mol. The number of guanidine groups is 1. The molecule has 1 amide bonds. The van der Waals surface area contributed by atoms with Crippen LogP contribution in [0.4, 0.5) is 0 Å². The van der Waals surface area contributed by atoms with E-state index in [0.29, 0.717) is 17.7 Å². The molecule has 0 aliphatic carbocycles. The van der Waals surface area contributed by atoms with Crippen molar-refractivity contribution in [3.8, 4) is 0 Å². The molecule has 1 heterocycles. The molecule has 2 unspecified atom stereocenters. The Labute approximate surface area is 171 Å². The van der Waals surface area contributed by atoms with E-state index in [4.69, 9.17) is 5.73 Å². The predicted molar refractivity (Wildman–Crippen MR) is 114 cm³/mol. The third-order valence-corrected chi connectivity index (χ3v) is 6.81. The topological polar surface area (TPSA) is 96.1 Å². The summed E-state index contributed by atoms with van der Waals surface area (Å²) in [6.45, 7) is 3.98. The van der Waals surface area contributed by atoms with Crippen LogP contribution in [0.15, 0.2) is 59.6 Å². The van der Waals surface area contributed by atoms with Gasteiger partial charge in [-0.2, -0.15) is 4.31 Å². The number of hydrogen-bond donors (Lipinski definition) is 1. The summed E-state index contributed by atoms with van der Waals surface area (Å²) in [5, 5.41) is 0. The normalized spacial score (nSPS) is 20.8. The number of aliphatic imine (C=N–C) groups is 1. The van der Waals surface area contributed by atoms with E-state index in [1.54, 1.807) is 14.0 Å². The molecule has 1 aliphatic rings. The summed E-state index contributed by atoms with van der Waals surface area (Å²) < 4.78 is 25.8. The standard InChI is InChI=1S/C21H26N4O3S/c1-5-25(29(4,27)28)15(2)16-10-9-13-18(14-16)21(17-11-7-6-8-12-17)19(26)24(3)20(22)23-21/h6-15H,5H2,1-4H3,(H2,22,23). The fourth-order valence-electron chi connectivity index (χ4n) is 3.85. The number of rotatable bonds is 6. The zero-order valence-electron chi connectivity index (χ0n) is 17.0. The van der Waals surface area contributed by atoms with Crippen molar-refractivity contribution in [2.45, 2.75) is 25.4 Å². The van der Waals surface area contributed by atoms with Crippen molar-refractivity contribution in [1.82, 2.24) is 9.21 Å². The number of hydrogen-bond acceptors (Lipinski definition) is 5. The molecular weight excluding hydrogens is 388 g/mol. The second-order valence-electron chi connectivity index (χ2n) is 7.18. The van der Waals surface area contributed by atoms with Crippen LogP contribution < -0.4 is 5.73 Å². The molecule has 2 aromatic rings. The summed E-state index contributed by atoms with van der Waals surface area (Å²) in [7, 11) is -1.78. The highest BCUT2D eigenvalue weighted by Crippen LogP contribution is 2.40. The van der Waals surface area contributed by atoms with Crippen molar-refractivity contribution in [2.75, 3.05) is 19.8 Å². The van der Waals surface area contributed by atoms with Crippen LogP contribution in [-0.4, -0.2) is 49.3 Å². The maximum Gasteiger partial charge on any atom is 0.266 e. The number of carbonyl (C=O) groups excluding carboxylic acids is 1. The molecule has 0 radical (unpaired) electrons. The summed E-state index contributed by atoms with van der Waals surface area (Å²) >= 11 is 0. The molecule has 0 spiro atoms. The zero-order valence-corrected chi connectivity index (χ0v) is 17.8. The Balaban J connectivity index is 2.18. The van der Waals surface area contributed by atoms with Crippen LogP contribution in [0.1, 0.15) is 36.6 Å². The van der Waals surface area contributed by atoms with Crippen LogP contribution in [0.5, 0.6) is 0 Å². The smallest absolute Gasteiger partial charge is 0.266 e. The summed E-state index contributed by atoms with van der Waals surface area (Å²) in [5.74, 6) is -0.106. The number of likely N-dealkylation sites (N-methyl/N-ethyl adjacent to an activating group) is 1. The van der Waals surface area contributed by atoms with E-state index in [0.717, 1.165) is 5.56 Å². The molecule has 154 valence electrons. The number of nitrogens with two attached hydrogens (primary N) is 1. The summed E-state index contributed by atoms with van der Waals surface area (Å²) in [6.07, 6.45) is 1.20. The Hall–Kier alpha value is -2.71. The number of carbonyl (C=O) groups is 1. The SMILES string of the molecule is CCN(C(C)c1cccc(C2(c3ccccc3)N=C(N)N(C)C2=O)c1)S(C)(=O)=O. The molecule has 8 heteroatoms. The Bertz CT molecular complexity index is 1050. The molecule has 2 N–H and O–H groups in total. The zero-order chi connectivity index (χ0) is 21.4. The fraction of sp³-hybridized carbons (Fsp3) is 0.333. The van der Waals surface area contributed by atoms with Gasteiger partial charge in [-0.1, -0.05) is 61.5 Å². The quantitative estimate of drug-likeness (QED) is 0.783. The fourth-order valence-corrected chi connectivity index (χ4v) is 5.01. The second kappa shape index (κ2) is 7.61. The van der Waals surface area contributed by atoms with E-state index >= 15 is 0 Å². The molecule has 0 saturated carbocycles. The van der Waals surface area contributed by atoms with Gasteiger partial charge in [-0.25, -0.2) is 13.4 Å². The maximum absolute atomic E-state index is 13.3. The third kappa shape index (κ3) is 3.54. The van der Waals surface area contributed by atoms with Gasteiger partial charge in [0.25, 0.3) is 5.91 Å². The first kappa shape index (κ1) is 21.0. The van der Waals surface area contributed by atoms with Crippen LogP contribution in [0.25, 0.3) is 0 Å². The lowest BCUT2D eigenvalue weighted by atomic mass is 9.82. The lowest BCUT2D eigenvalue weighted by molar-refractivity contribution is -0.129. The molecule has 2 aromatic carbocycles. The highest BCUT2D eigenvalue weighted by atomic mass is 32.2. The Morgan fingerprint density at radius 1 is 1.14 bits per heavy atom. The number of amides is 1. The summed E-state index contributed by atoms with van der Waals surface area (Å²) in [6, 6.07) is 16.2. The van der Waals surface area contributed by atoms with Crippen molar-refractivity contribution < 1.29 is 13.2 Å². The first-order valence-corrected chi connectivity index (χ1v) is 11.2. The van der Waals surface area contributed by atoms with Crippen LogP contribution in [-0.2, 0) is 20.4 Å². The van der Waals surface area contributed by atoms with Gasteiger partial charge in [-0.3, -0.25) is 9.69 Å². The lowest BCUT2D eigenvalue weighted by Crippen LogP contribution is -2.41. The Morgan fingerprint density at radius 3 is 2.28 bits per heavy atom. The molecule has 0 bridgehead atoms. The lowest BCUT2D eigenvalue weighted by Gasteiger charge is -2.29. The van der Waals surface area contributed by atoms with Crippen LogP contribution in [0, 0.1) is 0 Å². The minimum absolute atomic E-state index is 0.142. The highest BCUT2D eigenvalue weighted by Gasteiger charge is 2.49. The van der Waals surface area contributed by atoms with E-state index in [-0.39, 0.29) is 11.9 Å². The number of nitrogens with zero attached hydrogens (tertiary/aromatic N) is 3. The largest absolute Gasteiger partial charge is 0.369 e. The first-order chi connectivity index (χ1) is 13.6. The van der Waals surface area contributed by atoms with Crippen molar-refractivity contribution in [3.63, 3.8) is 0 Å². The molecular formula is C21H26N4O3S. The van der Waals surface area contributed by atoms with E-state index in [9.17, 15) is 13.2 Å². The monoisotopic (exact) mass is 414 g/mol. The van der Waals surface area contributed by atoms with Crippen molar-refractivity contribution in [2.24, 2.45) is 10.7 Å². The Morgan fingerprint density at radius 2 is 1.76 bits per heavy atom. The molecule has 2 atom stereocenters. The van der Waals surface area contributed by atoms with Crippen LogP contribution >= 0.6 is 0 Å². The van der Waals surface area contributed by atoms with Gasteiger partial charge in [-0.15, -0.1) is 0 Å². The van der Waals surface area contributed by atoms with E-state index in [1.165, 1.54) is 15.5 Å². The van der Waals surface area contributed by atoms with Gasteiger partial charge in [-0.05, 0) is 23.6 Å². The summed E-state index contributed by atoms with van der Waals surface area (Å²) in [4.78, 5) is 19.2. The minimum Gasteiger partial charge on any atom is -0.369 e. The first-order valence-electron chi connectivity index (χ1n) is 9.39.